The Bertz CT molecular complexity index is 600. The Morgan fingerprint density at radius 1 is 1.21 bits per heavy atom. The number of thioether (sulfide) groups is 1. The van der Waals surface area contributed by atoms with Gasteiger partial charge in [0.2, 0.25) is 5.91 Å². The zero-order valence-electron chi connectivity index (χ0n) is 14.1. The van der Waals surface area contributed by atoms with Crippen molar-refractivity contribution in [3.8, 4) is 0 Å². The van der Waals surface area contributed by atoms with Gasteiger partial charge in [-0.2, -0.15) is 0 Å². The second kappa shape index (κ2) is 8.73. The fourth-order valence-electron chi connectivity index (χ4n) is 2.48. The van der Waals surface area contributed by atoms with E-state index in [9.17, 15) is 14.4 Å². The van der Waals surface area contributed by atoms with E-state index >= 15 is 0 Å². The minimum absolute atomic E-state index is 0.0112. The fraction of sp³-hybridized carbons (Fsp3) is 0.471. The molecule has 0 aromatic heterocycles. The number of anilines is 1. The smallest absolute Gasteiger partial charge is 0.281 e. The quantitative estimate of drug-likeness (QED) is 0.822. The van der Waals surface area contributed by atoms with Crippen LogP contribution in [0.5, 0.6) is 0 Å². The van der Waals surface area contributed by atoms with Crippen LogP contribution < -0.4 is 5.32 Å². The molecule has 0 spiro atoms. The fourth-order valence-corrected chi connectivity index (χ4v) is 3.33. The second-order valence-corrected chi connectivity index (χ2v) is 6.50. The van der Waals surface area contributed by atoms with Crippen molar-refractivity contribution in [2.75, 3.05) is 37.2 Å². The highest BCUT2D eigenvalue weighted by molar-refractivity contribution is 8.13. The lowest BCUT2D eigenvalue weighted by molar-refractivity contribution is -0.116. The van der Waals surface area contributed by atoms with Crippen LogP contribution in [0.15, 0.2) is 24.3 Å². The molecule has 3 amide bonds. The number of hydrogen-bond acceptors (Lipinski definition) is 4. The van der Waals surface area contributed by atoms with Crippen LogP contribution in [0.1, 0.15) is 30.6 Å². The predicted molar refractivity (Wildman–Crippen MR) is 96.4 cm³/mol. The molecule has 0 saturated carbocycles. The number of nitrogens with zero attached hydrogens (tertiary/aromatic N) is 2. The molecule has 7 heteroatoms. The highest BCUT2D eigenvalue weighted by Crippen LogP contribution is 2.17. The Labute approximate surface area is 146 Å². The van der Waals surface area contributed by atoms with Crippen molar-refractivity contribution >= 4 is 34.5 Å². The Balaban J connectivity index is 1.85. The van der Waals surface area contributed by atoms with E-state index < -0.39 is 0 Å². The van der Waals surface area contributed by atoms with E-state index in [2.05, 4.69) is 5.32 Å². The van der Waals surface area contributed by atoms with E-state index in [4.69, 9.17) is 0 Å². The average molecular weight is 349 g/mol. The topological polar surface area (TPSA) is 69.7 Å². The molecule has 1 fully saturated rings. The van der Waals surface area contributed by atoms with Gasteiger partial charge in [-0.25, -0.2) is 0 Å². The van der Waals surface area contributed by atoms with Crippen molar-refractivity contribution in [3.05, 3.63) is 29.8 Å². The molecule has 1 aromatic rings. The highest BCUT2D eigenvalue weighted by Gasteiger charge is 2.21. The first kappa shape index (κ1) is 18.3. The second-order valence-electron chi connectivity index (χ2n) is 5.45. The lowest BCUT2D eigenvalue weighted by atomic mass is 10.1. The molecule has 1 N–H and O–H groups in total. The van der Waals surface area contributed by atoms with Crippen molar-refractivity contribution < 1.29 is 14.4 Å². The summed E-state index contributed by atoms with van der Waals surface area (Å²) in [6.07, 6.45) is 0.270. The monoisotopic (exact) mass is 349 g/mol. The largest absolute Gasteiger partial charge is 0.339 e. The minimum atomic E-state index is -0.137. The first-order chi connectivity index (χ1) is 11.5. The molecule has 130 valence electrons. The van der Waals surface area contributed by atoms with E-state index in [0.717, 1.165) is 5.75 Å². The third-order valence-corrected chi connectivity index (χ3v) is 4.81. The molecular weight excluding hydrogens is 326 g/mol. The lowest BCUT2D eigenvalue weighted by Gasteiger charge is -2.18. The van der Waals surface area contributed by atoms with Crippen molar-refractivity contribution in [2.45, 2.75) is 20.3 Å². The van der Waals surface area contributed by atoms with Crippen molar-refractivity contribution in [2.24, 2.45) is 0 Å². The van der Waals surface area contributed by atoms with Crippen LogP contribution in [0.4, 0.5) is 10.5 Å². The zero-order chi connectivity index (χ0) is 17.5. The van der Waals surface area contributed by atoms with E-state index in [1.165, 1.54) is 11.8 Å². The van der Waals surface area contributed by atoms with Crippen LogP contribution >= 0.6 is 11.8 Å². The molecule has 0 radical (unpaired) electrons. The average Bonchev–Trinajstić information content (AvgIpc) is 3.00. The summed E-state index contributed by atoms with van der Waals surface area (Å²) in [4.78, 5) is 39.1. The van der Waals surface area contributed by atoms with Gasteiger partial charge in [0.15, 0.2) is 0 Å². The zero-order valence-corrected chi connectivity index (χ0v) is 14.9. The lowest BCUT2D eigenvalue weighted by Crippen LogP contribution is -2.30. The molecule has 0 unspecified atom stereocenters. The minimum Gasteiger partial charge on any atom is -0.339 e. The first-order valence-electron chi connectivity index (χ1n) is 8.16. The van der Waals surface area contributed by atoms with Gasteiger partial charge in [-0.3, -0.25) is 14.4 Å². The molecular formula is C17H23N3O3S. The molecule has 1 aromatic carbocycles. The van der Waals surface area contributed by atoms with Gasteiger partial charge >= 0.3 is 0 Å². The molecule has 1 heterocycles. The summed E-state index contributed by atoms with van der Waals surface area (Å²) >= 11 is 1.29. The highest BCUT2D eigenvalue weighted by atomic mass is 32.2. The van der Waals surface area contributed by atoms with E-state index in [0.29, 0.717) is 37.4 Å². The molecule has 1 aliphatic heterocycles. The Morgan fingerprint density at radius 2 is 1.88 bits per heavy atom. The predicted octanol–water partition coefficient (Wildman–Crippen LogP) is 2.67. The van der Waals surface area contributed by atoms with Crippen LogP contribution in [0.3, 0.4) is 0 Å². The summed E-state index contributed by atoms with van der Waals surface area (Å²) < 4.78 is 0. The summed E-state index contributed by atoms with van der Waals surface area (Å²) in [7, 11) is 0. The van der Waals surface area contributed by atoms with Crippen LogP contribution in [-0.4, -0.2) is 58.8 Å². The molecule has 0 atom stereocenters. The van der Waals surface area contributed by atoms with Gasteiger partial charge in [-0.1, -0.05) is 11.8 Å². The van der Waals surface area contributed by atoms with Gasteiger partial charge in [-0.05, 0) is 38.1 Å². The van der Waals surface area contributed by atoms with Gasteiger partial charge < -0.3 is 15.1 Å². The van der Waals surface area contributed by atoms with Gasteiger partial charge in [-0.15, -0.1) is 0 Å². The molecule has 2 rings (SSSR count). The van der Waals surface area contributed by atoms with Crippen LogP contribution in [0, 0.1) is 0 Å². The number of benzene rings is 1. The maximum atomic E-state index is 12.2. The van der Waals surface area contributed by atoms with Crippen molar-refractivity contribution in [1.29, 1.82) is 0 Å². The molecule has 24 heavy (non-hydrogen) atoms. The number of carbonyl (C=O) groups excluding carboxylic acids is 3. The van der Waals surface area contributed by atoms with Crippen molar-refractivity contribution in [3.63, 3.8) is 0 Å². The Morgan fingerprint density at radius 3 is 2.42 bits per heavy atom. The van der Waals surface area contributed by atoms with E-state index in [-0.39, 0.29) is 23.5 Å². The molecule has 1 aliphatic rings. The number of carbonyl (C=O) groups is 3. The summed E-state index contributed by atoms with van der Waals surface area (Å²) in [6, 6.07) is 6.89. The normalized spacial score (nSPS) is 13.9. The molecule has 6 nitrogen and oxygen atoms in total. The van der Waals surface area contributed by atoms with Gasteiger partial charge in [0.25, 0.3) is 11.1 Å². The van der Waals surface area contributed by atoms with Crippen molar-refractivity contribution in [1.82, 2.24) is 9.80 Å². The number of hydrogen-bond donors (Lipinski definition) is 1. The summed E-state index contributed by atoms with van der Waals surface area (Å²) in [6.45, 7) is 6.37. The molecule has 0 aliphatic carbocycles. The summed E-state index contributed by atoms with van der Waals surface area (Å²) in [5, 5.41) is 2.84. The van der Waals surface area contributed by atoms with Gasteiger partial charge in [0, 0.05) is 49.6 Å². The van der Waals surface area contributed by atoms with E-state index in [1.54, 1.807) is 34.1 Å². The first-order valence-corrected chi connectivity index (χ1v) is 9.14. The van der Waals surface area contributed by atoms with Crippen LogP contribution in [0.2, 0.25) is 0 Å². The third kappa shape index (κ3) is 4.74. The maximum absolute atomic E-state index is 12.2. The van der Waals surface area contributed by atoms with Gasteiger partial charge in [0.05, 0.1) is 0 Å². The Hall–Kier alpha value is -2.02. The van der Waals surface area contributed by atoms with Crippen LogP contribution in [0.25, 0.3) is 0 Å². The third-order valence-electron chi connectivity index (χ3n) is 3.92. The number of rotatable bonds is 7. The number of nitrogens with one attached hydrogen (secondary N) is 1. The molecule has 1 saturated heterocycles. The standard InChI is InChI=1S/C17H23N3O3S/c1-3-19(4-2)16(22)13-5-7-14(8-6-13)18-15(21)9-10-20-11-12-24-17(20)23/h5-8H,3-4,9-12H2,1-2H3,(H,18,21). The summed E-state index contributed by atoms with van der Waals surface area (Å²) in [5.41, 5.74) is 1.26. The number of amides is 3. The SMILES string of the molecule is CCN(CC)C(=O)c1ccc(NC(=O)CCN2CCSC2=O)cc1. The van der Waals surface area contributed by atoms with Crippen LogP contribution in [-0.2, 0) is 4.79 Å². The maximum Gasteiger partial charge on any atom is 0.281 e. The molecule has 0 bridgehead atoms. The summed E-state index contributed by atoms with van der Waals surface area (Å²) in [5.74, 6) is 0.646. The Kier molecular flexibility index (Phi) is 6.66. The van der Waals surface area contributed by atoms with Gasteiger partial charge in [0.1, 0.15) is 0 Å². The van der Waals surface area contributed by atoms with E-state index in [1.807, 2.05) is 13.8 Å².